The smallest absolute Gasteiger partial charge is 0.251 e. The van der Waals surface area contributed by atoms with Crippen LogP contribution in [-0.4, -0.2) is 47.0 Å². The highest BCUT2D eigenvalue weighted by molar-refractivity contribution is 5.75. The highest BCUT2D eigenvalue weighted by Crippen LogP contribution is 2.31. The summed E-state index contributed by atoms with van der Waals surface area (Å²) in [7, 11) is 0. The van der Waals surface area contributed by atoms with Crippen molar-refractivity contribution >= 4 is 28.3 Å². The minimum absolute atomic E-state index is 0.0258. The molecule has 0 saturated carbocycles. The second kappa shape index (κ2) is 8.02. The summed E-state index contributed by atoms with van der Waals surface area (Å²) in [6.45, 7) is 6.57. The molecule has 0 unspecified atom stereocenters. The van der Waals surface area contributed by atoms with E-state index in [-0.39, 0.29) is 5.56 Å². The molecular formula is C24H25N5O2. The van der Waals surface area contributed by atoms with E-state index in [0.717, 1.165) is 66.1 Å². The van der Waals surface area contributed by atoms with Crippen LogP contribution in [-0.2, 0) is 24.2 Å². The van der Waals surface area contributed by atoms with Crippen LogP contribution in [0.25, 0.3) is 11.0 Å². The Hall–Kier alpha value is -3.41. The van der Waals surface area contributed by atoms with Crippen LogP contribution in [0.3, 0.4) is 0 Å². The first-order valence-corrected chi connectivity index (χ1v) is 10.7. The monoisotopic (exact) mass is 415 g/mol. The fraction of sp³-hybridized carbons (Fsp3) is 0.333. The topological polar surface area (TPSA) is 81.3 Å². The zero-order chi connectivity index (χ0) is 21.4. The number of pyridine rings is 2. The standard InChI is InChI=1S/C24H25N5O2/c1-2-17-11-22-23(27-24(17)31)9-16(13-25-22)14-28-5-7-29(8-6-28)20-4-3-18-10-19(15-30)26-21(18)12-20/h3-4,9,11-13,26H,2,5-8,10,14H2,1H3,(H,27,31). The van der Waals surface area contributed by atoms with Gasteiger partial charge in [-0.2, -0.15) is 0 Å². The average molecular weight is 415 g/mol. The van der Waals surface area contributed by atoms with E-state index < -0.39 is 0 Å². The lowest BCUT2D eigenvalue weighted by Gasteiger charge is -2.36. The molecule has 0 bridgehead atoms. The molecule has 5 rings (SSSR count). The largest absolute Gasteiger partial charge is 0.369 e. The highest BCUT2D eigenvalue weighted by atomic mass is 16.1. The number of hydrogen-bond donors (Lipinski definition) is 2. The Bertz CT molecular complexity index is 1250. The summed E-state index contributed by atoms with van der Waals surface area (Å²) in [5.74, 6) is 1.97. The van der Waals surface area contributed by atoms with Gasteiger partial charge in [0.2, 0.25) is 0 Å². The first-order chi connectivity index (χ1) is 15.1. The first-order valence-electron chi connectivity index (χ1n) is 10.7. The summed E-state index contributed by atoms with van der Waals surface area (Å²) < 4.78 is 0. The van der Waals surface area contributed by atoms with Crippen molar-refractivity contribution in [3.63, 3.8) is 0 Å². The second-order valence-corrected chi connectivity index (χ2v) is 8.24. The maximum atomic E-state index is 12.1. The maximum Gasteiger partial charge on any atom is 0.251 e. The van der Waals surface area contributed by atoms with Gasteiger partial charge in [0.1, 0.15) is 11.6 Å². The normalized spacial score (nSPS) is 16.3. The van der Waals surface area contributed by atoms with Gasteiger partial charge in [0, 0.05) is 62.3 Å². The van der Waals surface area contributed by atoms with E-state index in [1.807, 2.05) is 31.2 Å². The number of rotatable bonds is 4. The Balaban J connectivity index is 1.24. The number of carbonyl (C=O) groups excluding carboxylic acids is 1. The third-order valence-electron chi connectivity index (χ3n) is 6.22. The first kappa shape index (κ1) is 19.5. The minimum atomic E-state index is -0.0258. The molecule has 31 heavy (non-hydrogen) atoms. The molecule has 7 heteroatoms. The van der Waals surface area contributed by atoms with E-state index >= 15 is 0 Å². The predicted molar refractivity (Wildman–Crippen MR) is 122 cm³/mol. The number of anilines is 2. The lowest BCUT2D eigenvalue weighted by Crippen LogP contribution is -2.46. The molecule has 0 amide bonds. The van der Waals surface area contributed by atoms with Crippen molar-refractivity contribution in [1.82, 2.24) is 14.9 Å². The lowest BCUT2D eigenvalue weighted by atomic mass is 10.1. The number of hydrogen-bond acceptors (Lipinski definition) is 6. The van der Waals surface area contributed by atoms with Gasteiger partial charge in [0.25, 0.3) is 5.56 Å². The number of aromatic amines is 1. The van der Waals surface area contributed by atoms with Crippen LogP contribution >= 0.6 is 0 Å². The van der Waals surface area contributed by atoms with E-state index in [1.54, 1.807) is 0 Å². The molecule has 0 aliphatic carbocycles. The Kier molecular flexibility index (Phi) is 5.06. The zero-order valence-electron chi connectivity index (χ0n) is 17.6. The predicted octanol–water partition coefficient (Wildman–Crippen LogP) is 2.49. The summed E-state index contributed by atoms with van der Waals surface area (Å²) in [6.07, 6.45) is 3.25. The van der Waals surface area contributed by atoms with Gasteiger partial charge < -0.3 is 15.2 Å². The molecule has 0 radical (unpaired) electrons. The number of fused-ring (bicyclic) bond motifs is 2. The van der Waals surface area contributed by atoms with Crippen molar-refractivity contribution < 1.29 is 4.79 Å². The molecule has 158 valence electrons. The number of nitrogens with one attached hydrogen (secondary N) is 2. The quantitative estimate of drug-likeness (QED) is 0.638. The summed E-state index contributed by atoms with van der Waals surface area (Å²) >= 11 is 0. The van der Waals surface area contributed by atoms with Crippen LogP contribution in [0.4, 0.5) is 11.4 Å². The molecule has 2 aliphatic heterocycles. The molecule has 3 aromatic rings. The van der Waals surface area contributed by atoms with Crippen molar-refractivity contribution in [2.45, 2.75) is 26.3 Å². The highest BCUT2D eigenvalue weighted by Gasteiger charge is 2.21. The number of benzene rings is 1. The number of H-pyrrole nitrogens is 1. The van der Waals surface area contributed by atoms with E-state index in [9.17, 15) is 9.59 Å². The van der Waals surface area contributed by atoms with Gasteiger partial charge in [-0.3, -0.25) is 14.7 Å². The van der Waals surface area contributed by atoms with Gasteiger partial charge in [-0.25, -0.2) is 4.79 Å². The van der Waals surface area contributed by atoms with Gasteiger partial charge in [0.05, 0.1) is 11.0 Å². The summed E-state index contributed by atoms with van der Waals surface area (Å²) in [4.78, 5) is 35.3. The number of nitrogens with zero attached hydrogens (tertiary/aromatic N) is 3. The molecule has 7 nitrogen and oxygen atoms in total. The molecular weight excluding hydrogens is 390 g/mol. The second-order valence-electron chi connectivity index (χ2n) is 8.24. The fourth-order valence-corrected chi connectivity index (χ4v) is 4.43. The zero-order valence-corrected chi connectivity index (χ0v) is 17.6. The number of aromatic nitrogens is 2. The fourth-order valence-electron chi connectivity index (χ4n) is 4.43. The molecule has 2 N–H and O–H groups in total. The van der Waals surface area contributed by atoms with E-state index in [0.29, 0.717) is 18.5 Å². The van der Waals surface area contributed by atoms with Crippen molar-refractivity contribution in [1.29, 1.82) is 0 Å². The molecule has 2 aliphatic rings. The molecule has 1 fully saturated rings. The van der Waals surface area contributed by atoms with Crippen LogP contribution in [0.1, 0.15) is 23.6 Å². The Labute approximate surface area is 180 Å². The van der Waals surface area contributed by atoms with Crippen molar-refractivity contribution in [2.24, 2.45) is 0 Å². The van der Waals surface area contributed by atoms with Gasteiger partial charge in [-0.05, 0) is 41.8 Å². The van der Waals surface area contributed by atoms with Crippen LogP contribution in [0, 0.1) is 0 Å². The van der Waals surface area contributed by atoms with Gasteiger partial charge in [0.15, 0.2) is 0 Å². The third kappa shape index (κ3) is 3.85. The van der Waals surface area contributed by atoms with Crippen LogP contribution < -0.4 is 15.8 Å². The van der Waals surface area contributed by atoms with E-state index in [1.165, 1.54) is 5.69 Å². The minimum Gasteiger partial charge on any atom is -0.369 e. The average Bonchev–Trinajstić information content (AvgIpc) is 3.21. The van der Waals surface area contributed by atoms with Gasteiger partial charge in [-0.1, -0.05) is 13.0 Å². The SMILES string of the molecule is CCc1cc2ncc(CN3CCN(c4ccc5c(c4)NC(=C=O)C5)CC3)cc2[nH]c1=O. The Morgan fingerprint density at radius 3 is 2.74 bits per heavy atom. The molecule has 1 aromatic carbocycles. The third-order valence-corrected chi connectivity index (χ3v) is 6.22. The summed E-state index contributed by atoms with van der Waals surface area (Å²) in [5.41, 5.74) is 7.43. The van der Waals surface area contributed by atoms with Crippen molar-refractivity contribution in [2.75, 3.05) is 36.4 Å². The number of piperazine rings is 1. The summed E-state index contributed by atoms with van der Waals surface area (Å²) in [5, 5.41) is 3.15. The molecule has 2 aromatic heterocycles. The molecule has 1 saturated heterocycles. The molecule has 4 heterocycles. The Morgan fingerprint density at radius 1 is 1.13 bits per heavy atom. The summed E-state index contributed by atoms with van der Waals surface area (Å²) in [6, 6.07) is 10.3. The van der Waals surface area contributed by atoms with Gasteiger partial charge in [-0.15, -0.1) is 0 Å². The van der Waals surface area contributed by atoms with E-state index in [4.69, 9.17) is 0 Å². The van der Waals surface area contributed by atoms with Gasteiger partial charge >= 0.3 is 0 Å². The number of aryl methyl sites for hydroxylation is 1. The van der Waals surface area contributed by atoms with Crippen LogP contribution in [0.2, 0.25) is 0 Å². The Morgan fingerprint density at radius 2 is 1.97 bits per heavy atom. The van der Waals surface area contributed by atoms with Crippen LogP contribution in [0.5, 0.6) is 0 Å². The molecule has 0 atom stereocenters. The number of allylic oxidation sites excluding steroid dienone is 1. The van der Waals surface area contributed by atoms with Crippen molar-refractivity contribution in [3.8, 4) is 0 Å². The van der Waals surface area contributed by atoms with E-state index in [2.05, 4.69) is 43.3 Å². The molecule has 0 spiro atoms. The maximum absolute atomic E-state index is 12.1. The lowest BCUT2D eigenvalue weighted by molar-refractivity contribution is 0.249. The van der Waals surface area contributed by atoms with Crippen molar-refractivity contribution in [3.05, 3.63) is 69.3 Å². The van der Waals surface area contributed by atoms with Crippen LogP contribution in [0.15, 0.2) is 47.0 Å².